The summed E-state index contributed by atoms with van der Waals surface area (Å²) in [5.74, 6) is -8.63. The van der Waals surface area contributed by atoms with Gasteiger partial charge in [-0.3, -0.25) is 9.59 Å². The van der Waals surface area contributed by atoms with E-state index < -0.39 is 52.6 Å². The fourth-order valence-electron chi connectivity index (χ4n) is 3.04. The van der Waals surface area contributed by atoms with E-state index >= 15 is 0 Å². The van der Waals surface area contributed by atoms with Gasteiger partial charge in [-0.25, -0.2) is 17.6 Å². The van der Waals surface area contributed by atoms with Crippen LogP contribution in [0, 0.1) is 36.1 Å². The molecule has 4 nitrogen and oxygen atoms in total. The van der Waals surface area contributed by atoms with E-state index in [9.17, 15) is 27.2 Å². The number of nitrogens with one attached hydrogen (secondary N) is 2. The minimum Gasteiger partial charge on any atom is -0.355 e. The van der Waals surface area contributed by atoms with Gasteiger partial charge in [0.1, 0.15) is 11.7 Å². The van der Waals surface area contributed by atoms with Crippen molar-refractivity contribution in [1.29, 1.82) is 0 Å². The Morgan fingerprint density at radius 1 is 1.12 bits per heavy atom. The molecule has 2 aromatic rings. The van der Waals surface area contributed by atoms with Crippen LogP contribution in [-0.2, 0) is 9.59 Å². The van der Waals surface area contributed by atoms with Crippen molar-refractivity contribution in [2.45, 2.75) is 12.8 Å². The van der Waals surface area contributed by atoms with Crippen LogP contribution in [-0.4, -0.2) is 18.4 Å². The average Bonchev–Trinajstić information content (AvgIpc) is 2.96. The van der Waals surface area contributed by atoms with Crippen LogP contribution in [0.2, 0.25) is 0 Å². The van der Waals surface area contributed by atoms with Crippen LogP contribution >= 0.6 is 0 Å². The van der Waals surface area contributed by atoms with Gasteiger partial charge in [0.25, 0.3) is 0 Å². The Bertz CT molecular complexity index is 881. The predicted octanol–water partition coefficient (Wildman–Crippen LogP) is 3.02. The zero-order valence-corrected chi connectivity index (χ0v) is 13.6. The summed E-state index contributed by atoms with van der Waals surface area (Å²) in [4.78, 5) is 24.6. The van der Waals surface area contributed by atoms with Gasteiger partial charge in [-0.2, -0.15) is 0 Å². The van der Waals surface area contributed by atoms with E-state index in [4.69, 9.17) is 0 Å². The first-order chi connectivity index (χ1) is 12.3. The van der Waals surface area contributed by atoms with Gasteiger partial charge in [-0.05, 0) is 42.3 Å². The largest absolute Gasteiger partial charge is 0.355 e. The summed E-state index contributed by atoms with van der Waals surface area (Å²) < 4.78 is 53.7. The molecule has 1 fully saturated rings. The first-order valence-electron chi connectivity index (χ1n) is 7.77. The molecular formula is C18H14F4N2O2. The number of amides is 2. The standard InChI is InChI=1S/C18H14F4N2O2/c1-8-4-9(6-10(19)5-8)11-7-23-17(25)14(11)18(26)24-13-3-2-12(20)15(21)16(13)22/h2-6,11,14H,7H2,1H3,(H,23,25)(H,24,26)/t11-,14-/m1/s1. The molecule has 0 saturated carbocycles. The molecule has 2 aromatic carbocycles. The zero-order chi connectivity index (χ0) is 19.0. The minimum absolute atomic E-state index is 0.0973. The van der Waals surface area contributed by atoms with Gasteiger partial charge < -0.3 is 10.6 Å². The highest BCUT2D eigenvalue weighted by molar-refractivity contribution is 6.08. The Hall–Kier alpha value is -2.90. The lowest BCUT2D eigenvalue weighted by Crippen LogP contribution is -2.32. The van der Waals surface area contributed by atoms with Crippen LogP contribution in [0.15, 0.2) is 30.3 Å². The Balaban J connectivity index is 1.89. The first-order valence-corrected chi connectivity index (χ1v) is 7.77. The molecule has 3 rings (SSSR count). The Morgan fingerprint density at radius 3 is 2.54 bits per heavy atom. The van der Waals surface area contributed by atoms with Crippen molar-refractivity contribution in [1.82, 2.24) is 5.32 Å². The maximum atomic E-state index is 13.8. The van der Waals surface area contributed by atoms with E-state index in [0.717, 1.165) is 6.07 Å². The average molecular weight is 366 g/mol. The van der Waals surface area contributed by atoms with E-state index in [0.29, 0.717) is 17.2 Å². The van der Waals surface area contributed by atoms with Gasteiger partial charge in [0.2, 0.25) is 11.8 Å². The number of carbonyl (C=O) groups excluding carboxylic acids is 2. The molecule has 136 valence electrons. The number of anilines is 1. The monoisotopic (exact) mass is 366 g/mol. The van der Waals surface area contributed by atoms with Crippen LogP contribution < -0.4 is 10.6 Å². The highest BCUT2D eigenvalue weighted by Crippen LogP contribution is 2.31. The number of hydrogen-bond acceptors (Lipinski definition) is 2. The molecule has 0 aromatic heterocycles. The molecule has 0 unspecified atom stereocenters. The third kappa shape index (κ3) is 3.26. The van der Waals surface area contributed by atoms with Crippen molar-refractivity contribution >= 4 is 17.5 Å². The molecule has 1 heterocycles. The maximum Gasteiger partial charge on any atom is 0.237 e. The van der Waals surface area contributed by atoms with Crippen molar-refractivity contribution in [2.75, 3.05) is 11.9 Å². The highest BCUT2D eigenvalue weighted by Gasteiger charge is 2.41. The number of carbonyl (C=O) groups is 2. The topological polar surface area (TPSA) is 58.2 Å². The molecule has 0 aliphatic carbocycles. The fourth-order valence-corrected chi connectivity index (χ4v) is 3.04. The van der Waals surface area contributed by atoms with Crippen molar-refractivity contribution in [3.63, 3.8) is 0 Å². The molecule has 0 radical (unpaired) electrons. The normalized spacial score (nSPS) is 19.3. The number of hydrogen-bond donors (Lipinski definition) is 2. The molecule has 0 bridgehead atoms. The zero-order valence-electron chi connectivity index (χ0n) is 13.6. The second kappa shape index (κ2) is 6.78. The Morgan fingerprint density at radius 2 is 1.85 bits per heavy atom. The molecule has 26 heavy (non-hydrogen) atoms. The highest BCUT2D eigenvalue weighted by atomic mass is 19.2. The first kappa shape index (κ1) is 17.9. The second-order valence-corrected chi connectivity index (χ2v) is 6.10. The van der Waals surface area contributed by atoms with Crippen LogP contribution in [0.5, 0.6) is 0 Å². The molecule has 1 aliphatic rings. The van der Waals surface area contributed by atoms with E-state index in [1.54, 1.807) is 13.0 Å². The van der Waals surface area contributed by atoms with Crippen LogP contribution in [0.25, 0.3) is 0 Å². The Labute approximate surface area is 146 Å². The summed E-state index contributed by atoms with van der Waals surface area (Å²) >= 11 is 0. The molecule has 2 atom stereocenters. The van der Waals surface area contributed by atoms with Crippen LogP contribution in [0.3, 0.4) is 0 Å². The summed E-state index contributed by atoms with van der Waals surface area (Å²) in [5, 5.41) is 4.61. The van der Waals surface area contributed by atoms with Crippen molar-refractivity contribution in [3.8, 4) is 0 Å². The van der Waals surface area contributed by atoms with Crippen molar-refractivity contribution < 1.29 is 27.2 Å². The van der Waals surface area contributed by atoms with Gasteiger partial charge in [0.15, 0.2) is 17.5 Å². The molecule has 0 spiro atoms. The summed E-state index contributed by atoms with van der Waals surface area (Å²) in [6.45, 7) is 1.77. The number of benzene rings is 2. The van der Waals surface area contributed by atoms with Gasteiger partial charge in [0, 0.05) is 12.5 Å². The van der Waals surface area contributed by atoms with E-state index in [2.05, 4.69) is 10.6 Å². The number of halogens is 4. The molecular weight excluding hydrogens is 352 g/mol. The fraction of sp³-hybridized carbons (Fsp3) is 0.222. The van der Waals surface area contributed by atoms with E-state index in [-0.39, 0.29) is 6.54 Å². The SMILES string of the molecule is Cc1cc(F)cc([C@H]2CNC(=O)[C@@H]2C(=O)Nc2ccc(F)c(F)c2F)c1. The van der Waals surface area contributed by atoms with Crippen molar-refractivity contribution in [2.24, 2.45) is 5.92 Å². The molecule has 8 heteroatoms. The third-order valence-corrected chi connectivity index (χ3v) is 4.25. The molecule has 1 aliphatic heterocycles. The summed E-state index contributed by atoms with van der Waals surface area (Å²) in [7, 11) is 0. The summed E-state index contributed by atoms with van der Waals surface area (Å²) in [5.41, 5.74) is 0.472. The Kier molecular flexibility index (Phi) is 4.67. The lowest BCUT2D eigenvalue weighted by Gasteiger charge is -2.18. The summed E-state index contributed by atoms with van der Waals surface area (Å²) in [6, 6.07) is 5.69. The lowest BCUT2D eigenvalue weighted by atomic mass is 9.87. The van der Waals surface area contributed by atoms with Gasteiger partial charge in [-0.15, -0.1) is 0 Å². The van der Waals surface area contributed by atoms with E-state index in [1.165, 1.54) is 12.1 Å². The maximum absolute atomic E-state index is 13.8. The van der Waals surface area contributed by atoms with Crippen LogP contribution in [0.4, 0.5) is 23.2 Å². The van der Waals surface area contributed by atoms with Crippen molar-refractivity contribution in [3.05, 3.63) is 64.7 Å². The second-order valence-electron chi connectivity index (χ2n) is 6.10. The number of rotatable bonds is 3. The molecule has 1 saturated heterocycles. The quantitative estimate of drug-likeness (QED) is 0.498. The minimum atomic E-state index is -1.73. The van der Waals surface area contributed by atoms with Crippen LogP contribution in [0.1, 0.15) is 17.0 Å². The summed E-state index contributed by atoms with van der Waals surface area (Å²) in [6.07, 6.45) is 0. The van der Waals surface area contributed by atoms with E-state index in [1.807, 2.05) is 0 Å². The third-order valence-electron chi connectivity index (χ3n) is 4.25. The molecule has 2 N–H and O–H groups in total. The predicted molar refractivity (Wildman–Crippen MR) is 85.3 cm³/mol. The van der Waals surface area contributed by atoms with Gasteiger partial charge >= 0.3 is 0 Å². The van der Waals surface area contributed by atoms with Gasteiger partial charge in [0.05, 0.1) is 5.69 Å². The smallest absolute Gasteiger partial charge is 0.237 e. The van der Waals surface area contributed by atoms with Gasteiger partial charge in [-0.1, -0.05) is 6.07 Å². The molecule has 2 amide bonds. The number of aryl methyl sites for hydroxylation is 1. The lowest BCUT2D eigenvalue weighted by molar-refractivity contribution is -0.130.